The van der Waals surface area contributed by atoms with E-state index in [2.05, 4.69) is 36.0 Å². The zero-order chi connectivity index (χ0) is 29.0. The number of rotatable bonds is 1. The summed E-state index contributed by atoms with van der Waals surface area (Å²) in [5.74, 6) is -1.28. The second kappa shape index (κ2) is 12.0. The van der Waals surface area contributed by atoms with Crippen LogP contribution in [0.25, 0.3) is 11.3 Å². The average molecular weight is 586 g/mol. The molecule has 0 saturated heterocycles. The lowest BCUT2D eigenvalue weighted by atomic mass is 10.1. The molecule has 1 aromatic carbocycles. The van der Waals surface area contributed by atoms with Crippen molar-refractivity contribution in [3.8, 4) is 11.3 Å². The number of alkyl halides is 3. The number of pyridine rings is 1. The standard InChI is InChI=1S/C26H24F3N8O3P/c1-30-24(38)22-21-9-8-20(34-22)17-12-32-37(14-17)10-2-3-11-40-41(39)15-16-4-6-18(7-5-16)33-25-31-13-19(26(27,28)29)23(35-21)36-25/h4-9,12-14H,2-3,10-11,15H2,1H3,(H2-,30,31,33,35,36,38)/p+1. The van der Waals surface area contributed by atoms with Crippen LogP contribution in [0.4, 0.5) is 36.3 Å². The number of nitrogens with zero attached hydrogens (tertiary/aromatic N) is 5. The zero-order valence-corrected chi connectivity index (χ0v) is 22.7. The fourth-order valence-corrected chi connectivity index (χ4v) is 5.00. The quantitative estimate of drug-likeness (QED) is 0.242. The lowest BCUT2D eigenvalue weighted by molar-refractivity contribution is -0.137. The van der Waals surface area contributed by atoms with Crippen LogP contribution < -0.4 is 16.0 Å². The van der Waals surface area contributed by atoms with E-state index in [0.717, 1.165) is 12.0 Å². The minimum atomic E-state index is -4.78. The van der Waals surface area contributed by atoms with Crippen LogP contribution >= 0.6 is 8.03 Å². The Labute approximate surface area is 233 Å². The van der Waals surface area contributed by atoms with Gasteiger partial charge in [-0.15, -0.1) is 4.52 Å². The first-order valence-corrected chi connectivity index (χ1v) is 14.0. The van der Waals surface area contributed by atoms with E-state index in [1.807, 2.05) is 0 Å². The van der Waals surface area contributed by atoms with E-state index in [0.29, 0.717) is 42.7 Å². The predicted molar refractivity (Wildman–Crippen MR) is 145 cm³/mol. The molecule has 0 spiro atoms. The van der Waals surface area contributed by atoms with Gasteiger partial charge in [0.2, 0.25) is 12.1 Å². The van der Waals surface area contributed by atoms with Crippen LogP contribution in [0, 0.1) is 0 Å². The van der Waals surface area contributed by atoms with Crippen molar-refractivity contribution in [2.24, 2.45) is 0 Å². The number of anilines is 4. The molecule has 0 aliphatic carbocycles. The number of benzene rings is 1. The predicted octanol–water partition coefficient (Wildman–Crippen LogP) is 5.65. The topological polar surface area (TPSA) is 136 Å². The highest BCUT2D eigenvalue weighted by molar-refractivity contribution is 7.38. The average Bonchev–Trinajstić information content (AvgIpc) is 3.42. The van der Waals surface area contributed by atoms with E-state index in [1.54, 1.807) is 47.4 Å². The Morgan fingerprint density at radius 3 is 2.63 bits per heavy atom. The van der Waals surface area contributed by atoms with Crippen molar-refractivity contribution in [2.75, 3.05) is 24.3 Å². The summed E-state index contributed by atoms with van der Waals surface area (Å²) in [6.45, 7) is 0.912. The van der Waals surface area contributed by atoms with Crippen molar-refractivity contribution in [1.82, 2.24) is 30.0 Å². The molecule has 3 N–H and O–H groups in total. The molecule has 11 nitrogen and oxygen atoms in total. The summed E-state index contributed by atoms with van der Waals surface area (Å²) in [5, 5.41) is 12.3. The second-order valence-corrected chi connectivity index (χ2v) is 10.3. The number of amides is 1. The van der Waals surface area contributed by atoms with E-state index < -0.39 is 31.5 Å². The van der Waals surface area contributed by atoms with Crippen molar-refractivity contribution in [1.29, 1.82) is 0 Å². The maximum Gasteiger partial charge on any atom is 0.512 e. The van der Waals surface area contributed by atoms with E-state index in [1.165, 1.54) is 13.1 Å². The SMILES string of the molecule is CNC(=O)c1nc2ccc1Nc1nc(ncc1C(F)(F)F)Nc1ccc(cc1)C[P+](=O)OCCCCn1cc-2cn1. The van der Waals surface area contributed by atoms with Gasteiger partial charge >= 0.3 is 14.2 Å². The molecule has 4 aliphatic heterocycles. The summed E-state index contributed by atoms with van der Waals surface area (Å²) in [6.07, 6.45) is 0.853. The van der Waals surface area contributed by atoms with Gasteiger partial charge in [0, 0.05) is 42.8 Å². The Hall–Kier alpha value is -4.42. The highest BCUT2D eigenvalue weighted by Gasteiger charge is 2.36. The number of nitrogens with one attached hydrogen (secondary N) is 3. The van der Waals surface area contributed by atoms with Crippen LogP contribution in [0.5, 0.6) is 0 Å². The fraction of sp³-hybridized carbons (Fsp3) is 0.269. The number of carbonyl (C=O) groups excluding carboxylic acids is 1. The van der Waals surface area contributed by atoms with Gasteiger partial charge in [-0.25, -0.2) is 9.97 Å². The van der Waals surface area contributed by atoms with Gasteiger partial charge in [-0.2, -0.15) is 23.3 Å². The van der Waals surface area contributed by atoms with Crippen molar-refractivity contribution < 1.29 is 27.1 Å². The first kappa shape index (κ1) is 28.1. The van der Waals surface area contributed by atoms with E-state index in [9.17, 15) is 22.5 Å². The Morgan fingerprint density at radius 1 is 1.07 bits per heavy atom. The molecule has 8 bridgehead atoms. The van der Waals surface area contributed by atoms with Crippen LogP contribution in [0.1, 0.15) is 34.5 Å². The Kier molecular flexibility index (Phi) is 8.22. The number of carbonyl (C=O) groups is 1. The number of halogens is 3. The molecule has 15 heteroatoms. The van der Waals surface area contributed by atoms with Crippen molar-refractivity contribution >= 4 is 37.1 Å². The number of aryl methyl sites for hydroxylation is 1. The molecular weight excluding hydrogens is 560 g/mol. The minimum absolute atomic E-state index is 0.0208. The van der Waals surface area contributed by atoms with Gasteiger partial charge < -0.3 is 16.0 Å². The fourth-order valence-electron chi connectivity index (χ4n) is 4.06. The minimum Gasteiger partial charge on any atom is -0.354 e. The van der Waals surface area contributed by atoms with Crippen LogP contribution in [0.15, 0.2) is 55.0 Å². The smallest absolute Gasteiger partial charge is 0.354 e. The maximum absolute atomic E-state index is 13.9. The molecule has 3 aromatic heterocycles. The van der Waals surface area contributed by atoms with E-state index in [-0.39, 0.29) is 23.5 Å². The van der Waals surface area contributed by atoms with Crippen molar-refractivity contribution in [3.05, 3.63) is 71.8 Å². The molecular formula is C26H25F3N8O3P+. The Balaban J connectivity index is 1.56. The zero-order valence-electron chi connectivity index (χ0n) is 21.8. The van der Waals surface area contributed by atoms with Crippen LogP contribution in [0.3, 0.4) is 0 Å². The van der Waals surface area contributed by atoms with Gasteiger partial charge in [-0.1, -0.05) is 12.1 Å². The molecule has 212 valence electrons. The van der Waals surface area contributed by atoms with Crippen LogP contribution in [-0.4, -0.2) is 44.3 Å². The molecule has 1 amide bonds. The second-order valence-electron chi connectivity index (χ2n) is 9.10. The number of hydrogen-bond donors (Lipinski definition) is 3. The highest BCUT2D eigenvalue weighted by Crippen LogP contribution is 2.36. The first-order chi connectivity index (χ1) is 19.7. The van der Waals surface area contributed by atoms with Crippen molar-refractivity contribution in [2.45, 2.75) is 31.7 Å². The molecule has 8 rings (SSSR count). The summed E-state index contributed by atoms with van der Waals surface area (Å²) >= 11 is 0. The third-order valence-corrected chi connectivity index (χ3v) is 7.25. The highest BCUT2D eigenvalue weighted by atomic mass is 31.1. The van der Waals surface area contributed by atoms with Gasteiger partial charge in [0.05, 0.1) is 17.6 Å². The molecule has 1 unspecified atom stereocenters. The monoisotopic (exact) mass is 585 g/mol. The summed E-state index contributed by atoms with van der Waals surface area (Å²) in [4.78, 5) is 25.0. The first-order valence-electron chi connectivity index (χ1n) is 12.6. The Morgan fingerprint density at radius 2 is 1.88 bits per heavy atom. The molecule has 1 atom stereocenters. The van der Waals surface area contributed by atoms with E-state index >= 15 is 0 Å². The van der Waals surface area contributed by atoms with Gasteiger partial charge in [0.15, 0.2) is 5.69 Å². The molecule has 4 aliphatic rings. The molecule has 7 heterocycles. The third-order valence-electron chi connectivity index (χ3n) is 6.15. The lowest BCUT2D eigenvalue weighted by Gasteiger charge is -2.16. The van der Waals surface area contributed by atoms with Gasteiger partial charge in [0.25, 0.3) is 5.91 Å². The van der Waals surface area contributed by atoms with Crippen LogP contribution in [0.2, 0.25) is 0 Å². The molecule has 0 fully saturated rings. The summed E-state index contributed by atoms with van der Waals surface area (Å²) < 4.78 is 61.2. The molecule has 0 radical (unpaired) electrons. The van der Waals surface area contributed by atoms with Gasteiger partial charge in [0.1, 0.15) is 18.0 Å². The van der Waals surface area contributed by atoms with Gasteiger partial charge in [-0.05, 0) is 41.7 Å². The third kappa shape index (κ3) is 6.84. The van der Waals surface area contributed by atoms with Gasteiger partial charge in [-0.3, -0.25) is 9.48 Å². The molecule has 41 heavy (non-hydrogen) atoms. The lowest BCUT2D eigenvalue weighted by Crippen LogP contribution is -2.21. The molecule has 0 saturated carbocycles. The summed E-state index contributed by atoms with van der Waals surface area (Å²) in [6, 6.07) is 9.85. The normalized spacial score (nSPS) is 15.2. The number of hydrogen-bond acceptors (Lipinski definition) is 9. The Bertz CT molecular complexity index is 1580. The maximum atomic E-state index is 13.9. The summed E-state index contributed by atoms with van der Waals surface area (Å²) in [5.41, 5.74) is 1.07. The van der Waals surface area contributed by atoms with E-state index in [4.69, 9.17) is 4.52 Å². The molecule has 4 aromatic rings. The largest absolute Gasteiger partial charge is 0.512 e. The van der Waals surface area contributed by atoms with Crippen molar-refractivity contribution in [3.63, 3.8) is 0 Å². The van der Waals surface area contributed by atoms with Crippen LogP contribution in [-0.2, 0) is 28.0 Å². The number of aromatic nitrogens is 5. The summed E-state index contributed by atoms with van der Waals surface area (Å²) in [7, 11) is -0.511.